The summed E-state index contributed by atoms with van der Waals surface area (Å²) in [6.45, 7) is 1.69. The second-order valence-corrected chi connectivity index (χ2v) is 3.73. The zero-order valence-corrected chi connectivity index (χ0v) is 9.96. The van der Waals surface area contributed by atoms with Crippen molar-refractivity contribution >= 4 is 15.9 Å². The summed E-state index contributed by atoms with van der Waals surface area (Å²) in [4.78, 5) is 0. The molecule has 0 saturated heterocycles. The van der Waals surface area contributed by atoms with Gasteiger partial charge in [-0.05, 0) is 28.9 Å². The van der Waals surface area contributed by atoms with Gasteiger partial charge < -0.3 is 14.6 Å². The molecule has 0 aliphatic rings. The lowest BCUT2D eigenvalue weighted by Gasteiger charge is -2.15. The molecule has 1 aromatic rings. The van der Waals surface area contributed by atoms with Gasteiger partial charge in [-0.2, -0.15) is 0 Å². The van der Waals surface area contributed by atoms with Crippen LogP contribution in [0.5, 0.6) is 11.5 Å². The fraction of sp³-hybridized carbons (Fsp3) is 0.400. The molecule has 1 rings (SSSR count). The molecular weight excluding hydrogens is 248 g/mol. The minimum atomic E-state index is -0.577. The van der Waals surface area contributed by atoms with Crippen LogP contribution in [0, 0.1) is 0 Å². The third kappa shape index (κ3) is 2.01. The first-order valence-corrected chi connectivity index (χ1v) is 4.99. The van der Waals surface area contributed by atoms with Crippen LogP contribution in [0.1, 0.15) is 18.6 Å². The Morgan fingerprint density at radius 2 is 1.79 bits per heavy atom. The van der Waals surface area contributed by atoms with E-state index in [1.165, 1.54) is 0 Å². The fourth-order valence-electron chi connectivity index (χ4n) is 1.28. The highest BCUT2D eigenvalue weighted by Gasteiger charge is 2.16. The second-order valence-electron chi connectivity index (χ2n) is 2.88. The van der Waals surface area contributed by atoms with Gasteiger partial charge in [0.2, 0.25) is 0 Å². The Bertz CT molecular complexity index is 323. The first-order valence-electron chi connectivity index (χ1n) is 4.20. The molecule has 0 fully saturated rings. The molecule has 1 atom stereocenters. The minimum absolute atomic E-state index is 0.567. The van der Waals surface area contributed by atoms with Crippen molar-refractivity contribution < 1.29 is 14.6 Å². The summed E-state index contributed by atoms with van der Waals surface area (Å²) in [5, 5.41) is 9.50. The topological polar surface area (TPSA) is 38.7 Å². The van der Waals surface area contributed by atoms with E-state index in [9.17, 15) is 5.11 Å². The molecule has 0 bridgehead atoms. The maximum absolute atomic E-state index is 9.50. The zero-order valence-electron chi connectivity index (χ0n) is 8.37. The molecule has 1 N–H and O–H groups in total. The van der Waals surface area contributed by atoms with Gasteiger partial charge in [-0.25, -0.2) is 0 Å². The normalized spacial score (nSPS) is 12.4. The lowest BCUT2D eigenvalue weighted by Crippen LogP contribution is -1.99. The van der Waals surface area contributed by atoms with E-state index in [-0.39, 0.29) is 0 Å². The number of rotatable bonds is 3. The SMILES string of the molecule is COc1c(Br)ccc(C(C)O)c1OC. The van der Waals surface area contributed by atoms with Gasteiger partial charge in [0, 0.05) is 5.56 Å². The fourth-order valence-corrected chi connectivity index (χ4v) is 1.76. The Kier molecular flexibility index (Phi) is 3.77. The van der Waals surface area contributed by atoms with Gasteiger partial charge in [0.05, 0.1) is 24.8 Å². The number of aliphatic hydroxyl groups excluding tert-OH is 1. The highest BCUT2D eigenvalue weighted by atomic mass is 79.9. The Morgan fingerprint density at radius 1 is 1.21 bits per heavy atom. The maximum atomic E-state index is 9.50. The van der Waals surface area contributed by atoms with E-state index in [0.717, 1.165) is 4.47 Å². The molecule has 1 unspecified atom stereocenters. The van der Waals surface area contributed by atoms with Crippen molar-refractivity contribution in [1.82, 2.24) is 0 Å². The number of methoxy groups -OCH3 is 2. The van der Waals surface area contributed by atoms with Crippen molar-refractivity contribution in [1.29, 1.82) is 0 Å². The van der Waals surface area contributed by atoms with Crippen molar-refractivity contribution in [2.45, 2.75) is 13.0 Å². The molecule has 0 spiro atoms. The van der Waals surface area contributed by atoms with Crippen LogP contribution in [-0.4, -0.2) is 19.3 Å². The van der Waals surface area contributed by atoms with E-state index in [4.69, 9.17) is 9.47 Å². The van der Waals surface area contributed by atoms with Gasteiger partial charge in [0.25, 0.3) is 0 Å². The number of aliphatic hydroxyl groups is 1. The molecule has 1 aromatic carbocycles. The van der Waals surface area contributed by atoms with Crippen molar-refractivity contribution in [2.24, 2.45) is 0 Å². The van der Waals surface area contributed by atoms with E-state index >= 15 is 0 Å². The average Bonchev–Trinajstić information content (AvgIpc) is 2.16. The molecule has 0 saturated carbocycles. The smallest absolute Gasteiger partial charge is 0.175 e. The van der Waals surface area contributed by atoms with Crippen LogP contribution in [0.15, 0.2) is 16.6 Å². The second kappa shape index (κ2) is 4.66. The molecule has 0 amide bonds. The molecule has 78 valence electrons. The molecule has 0 aliphatic heterocycles. The van der Waals surface area contributed by atoms with E-state index in [0.29, 0.717) is 17.1 Å². The van der Waals surface area contributed by atoms with Crippen LogP contribution in [0.25, 0.3) is 0 Å². The average molecular weight is 261 g/mol. The quantitative estimate of drug-likeness (QED) is 0.908. The van der Waals surface area contributed by atoms with Crippen molar-refractivity contribution in [3.63, 3.8) is 0 Å². The standard InChI is InChI=1S/C10H13BrO3/c1-6(12)7-4-5-8(11)10(14-3)9(7)13-2/h4-6,12H,1-3H3. The summed E-state index contributed by atoms with van der Waals surface area (Å²) in [5.41, 5.74) is 0.715. The predicted molar refractivity (Wildman–Crippen MR) is 57.9 cm³/mol. The Hall–Kier alpha value is -0.740. The van der Waals surface area contributed by atoms with Gasteiger partial charge >= 0.3 is 0 Å². The van der Waals surface area contributed by atoms with Gasteiger partial charge in [0.15, 0.2) is 11.5 Å². The molecular formula is C10H13BrO3. The zero-order chi connectivity index (χ0) is 10.7. The van der Waals surface area contributed by atoms with Crippen LogP contribution in [0.2, 0.25) is 0 Å². The first-order chi connectivity index (χ1) is 6.61. The number of hydrogen-bond donors (Lipinski definition) is 1. The highest BCUT2D eigenvalue weighted by Crippen LogP contribution is 2.40. The Balaban J connectivity index is 3.33. The molecule has 14 heavy (non-hydrogen) atoms. The van der Waals surface area contributed by atoms with Crippen LogP contribution >= 0.6 is 15.9 Å². The summed E-state index contributed by atoms with van der Waals surface area (Å²) in [6, 6.07) is 3.62. The van der Waals surface area contributed by atoms with E-state index in [1.54, 1.807) is 27.2 Å². The first kappa shape index (κ1) is 11.3. The van der Waals surface area contributed by atoms with Crippen LogP contribution in [0.4, 0.5) is 0 Å². The lowest BCUT2D eigenvalue weighted by molar-refractivity contribution is 0.193. The van der Waals surface area contributed by atoms with Gasteiger partial charge in [-0.1, -0.05) is 6.07 Å². The summed E-state index contributed by atoms with van der Waals surface area (Å²) in [7, 11) is 3.12. The van der Waals surface area contributed by atoms with E-state index in [1.807, 2.05) is 6.07 Å². The molecule has 0 aliphatic carbocycles. The van der Waals surface area contributed by atoms with Crippen LogP contribution in [0.3, 0.4) is 0 Å². The van der Waals surface area contributed by atoms with E-state index in [2.05, 4.69) is 15.9 Å². The third-order valence-electron chi connectivity index (χ3n) is 1.95. The van der Waals surface area contributed by atoms with Gasteiger partial charge in [-0.15, -0.1) is 0 Å². The predicted octanol–water partition coefficient (Wildman–Crippen LogP) is 2.52. The maximum Gasteiger partial charge on any atom is 0.175 e. The Labute approximate surface area is 91.8 Å². The molecule has 0 aromatic heterocycles. The van der Waals surface area contributed by atoms with Crippen LogP contribution in [-0.2, 0) is 0 Å². The van der Waals surface area contributed by atoms with Crippen molar-refractivity contribution in [3.05, 3.63) is 22.2 Å². The number of benzene rings is 1. The van der Waals surface area contributed by atoms with Crippen LogP contribution < -0.4 is 9.47 Å². The van der Waals surface area contributed by atoms with E-state index < -0.39 is 6.10 Å². The summed E-state index contributed by atoms with van der Waals surface area (Å²) < 4.78 is 11.2. The number of hydrogen-bond acceptors (Lipinski definition) is 3. The number of halogens is 1. The third-order valence-corrected chi connectivity index (χ3v) is 2.58. The summed E-state index contributed by atoms with van der Waals surface area (Å²) >= 11 is 3.34. The highest BCUT2D eigenvalue weighted by molar-refractivity contribution is 9.10. The Morgan fingerprint density at radius 3 is 2.21 bits per heavy atom. The molecule has 0 radical (unpaired) electrons. The lowest BCUT2D eigenvalue weighted by atomic mass is 10.1. The summed E-state index contributed by atoms with van der Waals surface area (Å²) in [6.07, 6.45) is -0.577. The molecule has 4 heteroatoms. The van der Waals surface area contributed by atoms with Gasteiger partial charge in [0.1, 0.15) is 0 Å². The molecule has 3 nitrogen and oxygen atoms in total. The number of ether oxygens (including phenoxy) is 2. The minimum Gasteiger partial charge on any atom is -0.492 e. The molecule has 0 heterocycles. The largest absolute Gasteiger partial charge is 0.492 e. The summed E-state index contributed by atoms with van der Waals surface area (Å²) in [5.74, 6) is 1.17. The monoisotopic (exact) mass is 260 g/mol. The van der Waals surface area contributed by atoms with Crippen molar-refractivity contribution in [2.75, 3.05) is 14.2 Å². The van der Waals surface area contributed by atoms with Gasteiger partial charge in [-0.3, -0.25) is 0 Å². The van der Waals surface area contributed by atoms with Crippen molar-refractivity contribution in [3.8, 4) is 11.5 Å².